The number of rotatable bonds is 7. The number of benzene rings is 1. The number of nitrogens with one attached hydrogen (secondary N) is 2. The van der Waals surface area contributed by atoms with E-state index in [9.17, 15) is 18.0 Å². The van der Waals surface area contributed by atoms with E-state index in [1.807, 2.05) is 36.0 Å². The van der Waals surface area contributed by atoms with Gasteiger partial charge in [-0.25, -0.2) is 8.42 Å². The predicted molar refractivity (Wildman–Crippen MR) is 152 cm³/mol. The van der Waals surface area contributed by atoms with Gasteiger partial charge in [0.25, 0.3) is 10.0 Å². The summed E-state index contributed by atoms with van der Waals surface area (Å²) in [6, 6.07) is 12.4. The van der Waals surface area contributed by atoms with Crippen molar-refractivity contribution in [1.82, 2.24) is 19.7 Å². The van der Waals surface area contributed by atoms with Crippen LogP contribution < -0.4 is 14.9 Å². The highest BCUT2D eigenvalue weighted by Gasteiger charge is 2.31. The fourth-order valence-corrected chi connectivity index (χ4v) is 7.86. The first-order valence-electron chi connectivity index (χ1n) is 13.1. The lowest BCUT2D eigenvalue weighted by molar-refractivity contribution is -0.136. The van der Waals surface area contributed by atoms with Crippen LogP contribution in [0.2, 0.25) is 0 Å². The van der Waals surface area contributed by atoms with E-state index in [0.29, 0.717) is 30.9 Å². The van der Waals surface area contributed by atoms with Gasteiger partial charge >= 0.3 is 11.8 Å². The third-order valence-electron chi connectivity index (χ3n) is 7.42. The zero-order valence-electron chi connectivity index (χ0n) is 22.2. The second-order valence-electron chi connectivity index (χ2n) is 10.0. The number of amides is 2. The quantitative estimate of drug-likeness (QED) is 0.422. The molecule has 2 amide bonds. The van der Waals surface area contributed by atoms with E-state index in [2.05, 4.69) is 27.5 Å². The molecule has 10 nitrogen and oxygen atoms in total. The molecular weight excluding hydrogens is 536 g/mol. The molecule has 0 spiro atoms. The molecule has 1 atom stereocenters. The van der Waals surface area contributed by atoms with Crippen LogP contribution in [0.25, 0.3) is 0 Å². The summed E-state index contributed by atoms with van der Waals surface area (Å²) in [6.45, 7) is 4.27. The number of nitrogens with zero attached hydrogens (tertiary/aromatic N) is 4. The molecule has 2 aliphatic rings. The first kappa shape index (κ1) is 27.4. The molecule has 0 radical (unpaired) electrons. The molecule has 2 N–H and O–H groups in total. The summed E-state index contributed by atoms with van der Waals surface area (Å²) in [5, 5.41) is 7.21. The smallest absolute Gasteiger partial charge is 0.313 e. The van der Waals surface area contributed by atoms with Crippen LogP contribution in [0, 0.1) is 0 Å². The van der Waals surface area contributed by atoms with Crippen LogP contribution >= 0.6 is 11.3 Å². The van der Waals surface area contributed by atoms with Gasteiger partial charge in [0.05, 0.1) is 11.7 Å². The Labute approximate surface area is 233 Å². The lowest BCUT2D eigenvalue weighted by atomic mass is 10.0. The van der Waals surface area contributed by atoms with Gasteiger partial charge < -0.3 is 20.1 Å². The van der Waals surface area contributed by atoms with Crippen molar-refractivity contribution < 1.29 is 18.0 Å². The van der Waals surface area contributed by atoms with Crippen molar-refractivity contribution in [1.29, 1.82) is 0 Å². The van der Waals surface area contributed by atoms with Gasteiger partial charge in [-0.1, -0.05) is 12.1 Å². The second-order valence-corrected chi connectivity index (χ2v) is 13.1. The molecule has 5 rings (SSSR count). The van der Waals surface area contributed by atoms with E-state index < -0.39 is 21.8 Å². The average molecular weight is 571 g/mol. The Morgan fingerprint density at radius 2 is 1.79 bits per heavy atom. The molecule has 1 aromatic carbocycles. The highest BCUT2D eigenvalue weighted by Crippen LogP contribution is 2.35. The van der Waals surface area contributed by atoms with E-state index in [0.717, 1.165) is 43.9 Å². The zero-order chi connectivity index (χ0) is 27.6. The molecule has 2 aromatic heterocycles. The fourth-order valence-electron chi connectivity index (χ4n) is 5.22. The van der Waals surface area contributed by atoms with Crippen molar-refractivity contribution in [3.63, 3.8) is 0 Å². The first-order chi connectivity index (χ1) is 18.7. The molecule has 4 heterocycles. The molecule has 208 valence electrons. The third-order valence-corrected chi connectivity index (χ3v) is 10.6. The summed E-state index contributed by atoms with van der Waals surface area (Å²) < 4.78 is 30.2. The van der Waals surface area contributed by atoms with Crippen LogP contribution in [0.5, 0.6) is 0 Å². The molecule has 1 fully saturated rings. The Morgan fingerprint density at radius 3 is 2.49 bits per heavy atom. The van der Waals surface area contributed by atoms with Gasteiger partial charge in [0.2, 0.25) is 0 Å². The summed E-state index contributed by atoms with van der Waals surface area (Å²) in [4.78, 5) is 30.3. The molecule has 0 bridgehead atoms. The number of thiophene rings is 1. The Bertz CT molecular complexity index is 1430. The van der Waals surface area contributed by atoms with Crippen LogP contribution in [0.3, 0.4) is 0 Å². The third kappa shape index (κ3) is 5.88. The van der Waals surface area contributed by atoms with Gasteiger partial charge in [0.15, 0.2) is 0 Å². The number of anilines is 2. The molecule has 0 saturated carbocycles. The number of hydrogen-bond donors (Lipinski definition) is 2. The van der Waals surface area contributed by atoms with E-state index in [1.54, 1.807) is 29.6 Å². The van der Waals surface area contributed by atoms with Crippen molar-refractivity contribution in [3.8, 4) is 0 Å². The fraction of sp³-hybridized carbons (Fsp3) is 0.407. The van der Waals surface area contributed by atoms with Crippen molar-refractivity contribution in [2.45, 2.75) is 23.1 Å². The number of aryl methyl sites for hydroxylation is 2. The number of likely N-dealkylation sites (N-methyl/N-ethyl adjacent to an activating group) is 1. The lowest BCUT2D eigenvalue weighted by Crippen LogP contribution is -2.49. The molecular formula is C27H34N6O4S2. The molecule has 0 aliphatic carbocycles. The Hall–Kier alpha value is -3.19. The largest absolute Gasteiger partial charge is 0.353 e. The van der Waals surface area contributed by atoms with E-state index >= 15 is 0 Å². The molecule has 1 unspecified atom stereocenters. The average Bonchev–Trinajstić information content (AvgIpc) is 3.62. The molecule has 3 aromatic rings. The standard InChI is InChI=1S/C27H34N6O4S2/c1-30-13-15-32(16-14-30)24(22-7-4-11-31(22)2)19-28-26(34)27(35)29-21-10-9-20-6-3-12-33(23(20)18-21)39(36,37)25-8-5-17-38-25/h4-5,7-11,17-18,24H,3,6,12-16,19H2,1-2H3,(H,28,34)(H,29,35). The van der Waals surface area contributed by atoms with Crippen LogP contribution in [-0.4, -0.2) is 80.9 Å². The Morgan fingerprint density at radius 1 is 1.00 bits per heavy atom. The maximum atomic E-state index is 13.2. The molecule has 12 heteroatoms. The summed E-state index contributed by atoms with van der Waals surface area (Å²) >= 11 is 1.18. The molecule has 2 aliphatic heterocycles. The number of sulfonamides is 1. The Kier molecular flexibility index (Phi) is 8.08. The van der Waals surface area contributed by atoms with Crippen LogP contribution in [0.15, 0.2) is 58.3 Å². The van der Waals surface area contributed by atoms with Gasteiger partial charge in [-0.15, -0.1) is 11.3 Å². The number of carbonyl (C=O) groups excluding carboxylic acids is 2. The van der Waals surface area contributed by atoms with Gasteiger partial charge in [-0.3, -0.25) is 18.8 Å². The number of hydrogen-bond acceptors (Lipinski definition) is 7. The highest BCUT2D eigenvalue weighted by molar-refractivity contribution is 7.94. The van der Waals surface area contributed by atoms with Crippen molar-refractivity contribution in [3.05, 3.63) is 65.3 Å². The molecule has 1 saturated heterocycles. The van der Waals surface area contributed by atoms with Crippen LogP contribution in [0.4, 0.5) is 11.4 Å². The summed E-state index contributed by atoms with van der Waals surface area (Å²) in [6.07, 6.45) is 3.43. The predicted octanol–water partition coefficient (Wildman–Crippen LogP) is 2.27. The number of aromatic nitrogens is 1. The maximum Gasteiger partial charge on any atom is 0.313 e. The first-order valence-corrected chi connectivity index (χ1v) is 15.4. The zero-order valence-corrected chi connectivity index (χ0v) is 23.8. The minimum atomic E-state index is -3.70. The van der Waals surface area contributed by atoms with Crippen LogP contribution in [0.1, 0.15) is 23.7 Å². The monoisotopic (exact) mass is 570 g/mol. The Balaban J connectivity index is 1.27. The van der Waals surface area contributed by atoms with E-state index in [-0.39, 0.29) is 10.3 Å². The second kappa shape index (κ2) is 11.5. The lowest BCUT2D eigenvalue weighted by Gasteiger charge is -2.38. The summed E-state index contributed by atoms with van der Waals surface area (Å²) in [5.41, 5.74) is 2.87. The number of fused-ring (bicyclic) bond motifs is 1. The molecule has 39 heavy (non-hydrogen) atoms. The van der Waals surface area contributed by atoms with E-state index in [4.69, 9.17) is 0 Å². The van der Waals surface area contributed by atoms with Crippen molar-refractivity contribution in [2.24, 2.45) is 7.05 Å². The van der Waals surface area contributed by atoms with Crippen LogP contribution in [-0.2, 0) is 33.1 Å². The maximum absolute atomic E-state index is 13.2. The van der Waals surface area contributed by atoms with Gasteiger partial charge in [-0.2, -0.15) is 0 Å². The topological polar surface area (TPSA) is 107 Å². The number of carbonyl (C=O) groups is 2. The summed E-state index contributed by atoms with van der Waals surface area (Å²) in [5.74, 6) is -1.52. The van der Waals surface area contributed by atoms with Crippen molar-refractivity contribution in [2.75, 3.05) is 55.9 Å². The SMILES string of the molecule is CN1CCN(C(CNC(=O)C(=O)Nc2ccc3c(c2)N(S(=O)(=O)c2cccs2)CCC3)c2cccn2C)CC1. The normalized spacial score (nSPS) is 17.4. The van der Waals surface area contributed by atoms with Crippen molar-refractivity contribution >= 4 is 44.5 Å². The number of piperazine rings is 1. The van der Waals surface area contributed by atoms with Gasteiger partial charge in [0, 0.05) is 63.9 Å². The van der Waals surface area contributed by atoms with E-state index in [1.165, 1.54) is 15.6 Å². The van der Waals surface area contributed by atoms with Gasteiger partial charge in [0.1, 0.15) is 4.21 Å². The minimum absolute atomic E-state index is 0.0600. The minimum Gasteiger partial charge on any atom is -0.353 e. The summed E-state index contributed by atoms with van der Waals surface area (Å²) in [7, 11) is 0.372. The highest BCUT2D eigenvalue weighted by atomic mass is 32.2. The van der Waals surface area contributed by atoms with Gasteiger partial charge in [-0.05, 0) is 61.2 Å².